The van der Waals surface area contributed by atoms with Crippen LogP contribution in [0.4, 0.5) is 87.8 Å². The van der Waals surface area contributed by atoms with Gasteiger partial charge < -0.3 is 4.74 Å². The van der Waals surface area contributed by atoms with Crippen molar-refractivity contribution in [1.82, 2.24) is 0 Å². The summed E-state index contributed by atoms with van der Waals surface area (Å²) in [7, 11) is 0. The molecule has 0 N–H and O–H groups in total. The molecule has 73 heavy (non-hydrogen) atoms. The van der Waals surface area contributed by atoms with Crippen LogP contribution in [-0.4, -0.2) is 24.0 Å². The van der Waals surface area contributed by atoms with Gasteiger partial charge in [0.05, 0.1) is 0 Å². The van der Waals surface area contributed by atoms with Crippen LogP contribution in [0, 0.1) is 116 Å². The van der Waals surface area contributed by atoms with E-state index < -0.39 is 144 Å². The highest BCUT2D eigenvalue weighted by molar-refractivity contribution is 7.20. The summed E-state index contributed by atoms with van der Waals surface area (Å²) in [5.74, 6) is -71.8. The summed E-state index contributed by atoms with van der Waals surface area (Å²) < 4.78 is 302. The molecule has 0 saturated heterocycles. The van der Waals surface area contributed by atoms with Crippen molar-refractivity contribution in [2.75, 3.05) is 0 Å². The monoisotopic (exact) mass is 1050 g/mol. The number of halogens is 20. The maximum absolute atomic E-state index is 15.4. The van der Waals surface area contributed by atoms with Gasteiger partial charge in [-0.05, 0) is 37.8 Å². The highest BCUT2D eigenvalue weighted by Crippen LogP contribution is 2.31. The molecule has 1 aromatic heterocycles. The molecule has 0 amide bonds. The molecular formula is C48H24BF20NO3. The zero-order valence-corrected chi connectivity index (χ0v) is 36.0. The Morgan fingerprint density at radius 3 is 1.11 bits per heavy atom. The number of benzene rings is 6. The number of aromatic nitrogens is 1. The number of pyridine rings is 1. The lowest BCUT2D eigenvalue weighted by Crippen LogP contribution is -2.81. The van der Waals surface area contributed by atoms with Gasteiger partial charge in [-0.3, -0.25) is 4.79 Å². The lowest BCUT2D eigenvalue weighted by atomic mass is 9.12. The van der Waals surface area contributed by atoms with Gasteiger partial charge in [0.1, 0.15) is 58.8 Å². The fourth-order valence-electron chi connectivity index (χ4n) is 8.74. The number of carbonyl (C=O) groups excluding carboxylic acids is 2. The number of Topliss-reactive ketones (excluding diaryl/α,β-unsaturated/α-hetero) is 1. The van der Waals surface area contributed by atoms with Gasteiger partial charge in [-0.2, -0.15) is 4.57 Å². The Bertz CT molecular complexity index is 3010. The van der Waals surface area contributed by atoms with Crippen molar-refractivity contribution >= 4 is 50.7 Å². The van der Waals surface area contributed by atoms with E-state index in [9.17, 15) is 62.3 Å². The van der Waals surface area contributed by atoms with Crippen molar-refractivity contribution in [3.05, 3.63) is 194 Å². The fraction of sp³-hybridized carbons (Fsp3) is 0.146. The molecule has 0 spiro atoms. The molecule has 0 radical (unpaired) electrons. The van der Waals surface area contributed by atoms with E-state index in [1.54, 1.807) is 22.8 Å². The molecule has 1 saturated carbocycles. The molecule has 4 nitrogen and oxygen atoms in total. The number of rotatable bonds is 9. The fourth-order valence-corrected chi connectivity index (χ4v) is 8.74. The summed E-state index contributed by atoms with van der Waals surface area (Å²) in [4.78, 5) is 25.8. The van der Waals surface area contributed by atoms with Gasteiger partial charge >= 0.3 is 5.97 Å². The summed E-state index contributed by atoms with van der Waals surface area (Å²) in [5, 5.41) is 0.984. The molecule has 0 aliphatic heterocycles. The number of nitrogens with zero attached hydrogens (tertiary/aromatic N) is 1. The van der Waals surface area contributed by atoms with Crippen LogP contribution in [0.2, 0.25) is 0 Å². The van der Waals surface area contributed by atoms with Gasteiger partial charge in [0, 0.05) is 23.1 Å². The van der Waals surface area contributed by atoms with E-state index in [4.69, 9.17) is 4.74 Å². The third-order valence-corrected chi connectivity index (χ3v) is 12.1. The van der Waals surface area contributed by atoms with E-state index in [1.165, 1.54) is 6.42 Å². The summed E-state index contributed by atoms with van der Waals surface area (Å²) in [6, 6.07) is 20.6. The third-order valence-electron chi connectivity index (χ3n) is 12.1. The Morgan fingerprint density at radius 1 is 0.411 bits per heavy atom. The van der Waals surface area contributed by atoms with E-state index in [-0.39, 0.29) is 24.4 Å². The predicted molar refractivity (Wildman–Crippen MR) is 216 cm³/mol. The quantitative estimate of drug-likeness (QED) is 0.0275. The van der Waals surface area contributed by atoms with Gasteiger partial charge in [0.25, 0.3) is 5.69 Å². The highest BCUT2D eigenvalue weighted by atomic mass is 19.2. The molecule has 1 aliphatic rings. The van der Waals surface area contributed by atoms with Gasteiger partial charge in [-0.15, -0.1) is 21.9 Å². The molecule has 7 aromatic rings. The number of ketones is 1. The van der Waals surface area contributed by atoms with Crippen molar-refractivity contribution in [3.8, 4) is 0 Å². The van der Waals surface area contributed by atoms with Gasteiger partial charge in [0.2, 0.25) is 17.8 Å². The molecule has 0 bridgehead atoms. The first-order chi connectivity index (χ1) is 34.4. The van der Waals surface area contributed by atoms with Crippen LogP contribution in [0.5, 0.6) is 0 Å². The first-order valence-electron chi connectivity index (χ1n) is 20.9. The summed E-state index contributed by atoms with van der Waals surface area (Å²) in [6.45, 7) is 0.0977. The zero-order valence-electron chi connectivity index (χ0n) is 36.0. The molecule has 1 fully saturated rings. The molecule has 382 valence electrons. The lowest BCUT2D eigenvalue weighted by Gasteiger charge is -2.44. The van der Waals surface area contributed by atoms with Gasteiger partial charge in [-0.1, -0.05) is 48.9 Å². The SMILES string of the molecule is Fc1c(F)c(F)c([B-](c2c(F)c(F)c(F)c(F)c2F)(c2c(F)c(F)c(F)c(F)c2F)c2c(F)c(F)c(F)c(F)c2F)c(F)c1F.O=C(C[n+]1c(C(=O)OC2CCCCC2)ccc2ccccc21)c1ccccc1. The first kappa shape index (κ1) is 53.3. The van der Waals surface area contributed by atoms with Crippen molar-refractivity contribution in [1.29, 1.82) is 0 Å². The lowest BCUT2D eigenvalue weighted by molar-refractivity contribution is -0.659. The summed E-state index contributed by atoms with van der Waals surface area (Å²) >= 11 is 0. The van der Waals surface area contributed by atoms with Crippen molar-refractivity contribution in [2.45, 2.75) is 44.8 Å². The van der Waals surface area contributed by atoms with Crippen LogP contribution in [0.25, 0.3) is 10.9 Å². The average Bonchev–Trinajstić information content (AvgIpc) is 3.39. The smallest absolute Gasteiger partial charge is 0.403 e. The number of hydrogen-bond donors (Lipinski definition) is 0. The molecule has 25 heteroatoms. The van der Waals surface area contributed by atoms with Crippen LogP contribution >= 0.6 is 0 Å². The molecular weight excluding hydrogens is 1030 g/mol. The Kier molecular flexibility index (Phi) is 15.0. The van der Waals surface area contributed by atoms with Crippen molar-refractivity contribution in [3.63, 3.8) is 0 Å². The van der Waals surface area contributed by atoms with E-state index in [0.29, 0.717) is 11.3 Å². The van der Waals surface area contributed by atoms with Gasteiger partial charge in [0.15, 0.2) is 69.8 Å². The molecule has 0 unspecified atom stereocenters. The molecule has 8 rings (SSSR count). The average molecular weight is 1050 g/mol. The number of ether oxygens (including phenoxy) is 1. The van der Waals surface area contributed by atoms with Gasteiger partial charge in [-0.25, -0.2) is 92.6 Å². The standard InChI is InChI=1S/C24BF20.C24H24NO3/c26-5-1(6(27)14(35)21(42)13(5)34)25(2-7(28)15(36)22(43)16(37)8(2)29,3-9(30)17(38)23(44)18(39)10(3)31)4-11(32)19(40)24(45)20(41)12(4)33;26-23(19-10-3-1-4-11-19)17-25-21-14-8-7-9-18(21)15-16-22(25)24(27)28-20-12-5-2-6-13-20/h;1,3-4,7-11,14-16,20H,2,5-6,12-13,17H2/q-1;+1. The van der Waals surface area contributed by atoms with Crippen LogP contribution in [0.15, 0.2) is 66.7 Å². The van der Waals surface area contributed by atoms with Crippen LogP contribution in [-0.2, 0) is 11.3 Å². The Hall–Kier alpha value is -7.47. The maximum Gasteiger partial charge on any atom is 0.403 e. The van der Waals surface area contributed by atoms with Crippen molar-refractivity contribution < 1.29 is 107 Å². The Labute approximate surface area is 396 Å². The summed E-state index contributed by atoms with van der Waals surface area (Å²) in [5.41, 5.74) is -12.4. The van der Waals surface area contributed by atoms with E-state index in [2.05, 4.69) is 0 Å². The Balaban J connectivity index is 0.000000237. The van der Waals surface area contributed by atoms with E-state index >= 15 is 35.1 Å². The molecule has 1 aliphatic carbocycles. The second-order valence-electron chi connectivity index (χ2n) is 16.1. The molecule has 6 aromatic carbocycles. The minimum atomic E-state index is -7.22. The minimum Gasteiger partial charge on any atom is -0.454 e. The zero-order chi connectivity index (χ0) is 53.7. The number of carbonyl (C=O) groups is 2. The van der Waals surface area contributed by atoms with E-state index in [0.717, 1.165) is 36.6 Å². The largest absolute Gasteiger partial charge is 0.454 e. The van der Waals surface area contributed by atoms with Crippen molar-refractivity contribution in [2.24, 2.45) is 0 Å². The predicted octanol–water partition coefficient (Wildman–Crippen LogP) is 10.3. The highest BCUT2D eigenvalue weighted by Gasteiger charge is 2.52. The first-order valence-corrected chi connectivity index (χ1v) is 20.9. The van der Waals surface area contributed by atoms with Crippen LogP contribution in [0.1, 0.15) is 53.0 Å². The third kappa shape index (κ3) is 8.89. The summed E-state index contributed by atoms with van der Waals surface area (Å²) in [6.07, 6.45) is -2.00. The number of hydrogen-bond acceptors (Lipinski definition) is 3. The van der Waals surface area contributed by atoms with Crippen LogP contribution < -0.4 is 26.4 Å². The minimum absolute atomic E-state index is 0.0222. The van der Waals surface area contributed by atoms with Crippen LogP contribution in [0.3, 0.4) is 0 Å². The Morgan fingerprint density at radius 2 is 0.740 bits per heavy atom. The topological polar surface area (TPSA) is 47.2 Å². The number of para-hydroxylation sites is 1. The second kappa shape index (κ2) is 20.6. The molecule has 0 atom stereocenters. The maximum atomic E-state index is 15.4. The molecule has 1 heterocycles. The normalized spacial score (nSPS) is 13.0. The number of esters is 1. The second-order valence-corrected chi connectivity index (χ2v) is 16.1. The van der Waals surface area contributed by atoms with E-state index in [1.807, 2.05) is 48.5 Å². The number of fused-ring (bicyclic) bond motifs is 1.